The molecule has 0 unspecified atom stereocenters. The summed E-state index contributed by atoms with van der Waals surface area (Å²) in [6.45, 7) is 4.97. The van der Waals surface area contributed by atoms with Gasteiger partial charge in [0.25, 0.3) is 0 Å². The Hall–Kier alpha value is -0.120. The van der Waals surface area contributed by atoms with E-state index < -0.39 is 0 Å². The summed E-state index contributed by atoms with van der Waals surface area (Å²) in [7, 11) is 0. The molecule has 0 saturated heterocycles. The van der Waals surface area contributed by atoms with Crippen LogP contribution in [-0.2, 0) is 0 Å². The number of rotatable bonds is 6. The fourth-order valence-electron chi connectivity index (χ4n) is 1.10. The van der Waals surface area contributed by atoms with E-state index in [9.17, 15) is 0 Å². The van der Waals surface area contributed by atoms with Crippen LogP contribution in [0, 0.1) is 5.41 Å². The molecule has 0 radical (unpaired) electrons. The van der Waals surface area contributed by atoms with E-state index in [4.69, 9.17) is 10.2 Å². The lowest BCUT2D eigenvalue weighted by atomic mass is 9.83. The normalized spacial score (nSPS) is 12.0. The third-order valence-corrected chi connectivity index (χ3v) is 2.45. The highest BCUT2D eigenvalue weighted by Crippen LogP contribution is 2.23. The maximum Gasteiger partial charge on any atom is 0.0931 e. The Morgan fingerprint density at radius 3 is 2.00 bits per heavy atom. The van der Waals surface area contributed by atoms with Gasteiger partial charge in [-0.15, -0.1) is 0 Å². The molecule has 0 aliphatic carbocycles. The molecule has 3 N–H and O–H groups in total. The molecule has 0 spiro atoms. The molecule has 0 fully saturated rings. The molecule has 68 valence electrons. The van der Waals surface area contributed by atoms with Gasteiger partial charge < -0.3 is 10.2 Å². The van der Waals surface area contributed by atoms with Crippen LogP contribution in [0.5, 0.6) is 0 Å². The van der Waals surface area contributed by atoms with E-state index in [-0.39, 0.29) is 18.8 Å². The van der Waals surface area contributed by atoms with Gasteiger partial charge in [0, 0.05) is 18.6 Å². The summed E-state index contributed by atoms with van der Waals surface area (Å²) in [4.78, 5) is 0. The lowest BCUT2D eigenvalue weighted by Crippen LogP contribution is -2.36. The highest BCUT2D eigenvalue weighted by atomic mass is 16.3. The molecule has 3 heteroatoms. The maximum absolute atomic E-state index is 9.08. The summed E-state index contributed by atoms with van der Waals surface area (Å²) < 4.78 is 0. The van der Waals surface area contributed by atoms with Crippen LogP contribution in [0.4, 0.5) is 0 Å². The second-order valence-electron chi connectivity index (χ2n) is 2.95. The van der Waals surface area contributed by atoms with Gasteiger partial charge in [-0.1, -0.05) is 13.8 Å². The van der Waals surface area contributed by atoms with E-state index >= 15 is 0 Å². The molecule has 0 aromatic heterocycles. The maximum atomic E-state index is 9.08. The Morgan fingerprint density at radius 2 is 1.73 bits per heavy atom. The molecule has 0 bridgehead atoms. The Bertz CT molecular complexity index is 83.8. The minimum Gasteiger partial charge on any atom is -0.396 e. The van der Waals surface area contributed by atoms with Crippen molar-refractivity contribution in [1.82, 2.24) is 5.32 Å². The van der Waals surface area contributed by atoms with Gasteiger partial charge in [-0.3, -0.25) is 5.32 Å². The molecule has 0 atom stereocenters. The zero-order valence-corrected chi connectivity index (χ0v) is 7.43. The highest BCUT2D eigenvalue weighted by molar-refractivity contribution is 4.77. The van der Waals surface area contributed by atoms with Gasteiger partial charge in [0.15, 0.2) is 0 Å². The van der Waals surface area contributed by atoms with Crippen molar-refractivity contribution in [2.45, 2.75) is 26.7 Å². The summed E-state index contributed by atoms with van der Waals surface area (Å²) in [6, 6.07) is 0. The second kappa shape index (κ2) is 5.52. The molecule has 0 aliphatic rings. The van der Waals surface area contributed by atoms with Crippen molar-refractivity contribution in [3.63, 3.8) is 0 Å². The van der Waals surface area contributed by atoms with E-state index in [1.807, 2.05) is 0 Å². The van der Waals surface area contributed by atoms with Crippen molar-refractivity contribution in [2.75, 3.05) is 19.9 Å². The minimum atomic E-state index is -0.0390. The molecule has 11 heavy (non-hydrogen) atoms. The van der Waals surface area contributed by atoms with Gasteiger partial charge in [0.2, 0.25) is 0 Å². The second-order valence-corrected chi connectivity index (χ2v) is 2.95. The van der Waals surface area contributed by atoms with Crippen LogP contribution < -0.4 is 5.32 Å². The van der Waals surface area contributed by atoms with Gasteiger partial charge in [0.05, 0.1) is 6.73 Å². The number of nitrogens with one attached hydrogen (secondary N) is 1. The van der Waals surface area contributed by atoms with Crippen molar-refractivity contribution in [1.29, 1.82) is 0 Å². The quantitative estimate of drug-likeness (QED) is 0.492. The third kappa shape index (κ3) is 3.18. The predicted octanol–water partition coefficient (Wildman–Crippen LogP) is 0.325. The van der Waals surface area contributed by atoms with E-state index in [1.54, 1.807) is 0 Å². The first-order valence-electron chi connectivity index (χ1n) is 4.17. The lowest BCUT2D eigenvalue weighted by Gasteiger charge is -2.29. The molecule has 0 amide bonds. The van der Waals surface area contributed by atoms with Gasteiger partial charge in [0.1, 0.15) is 0 Å². The van der Waals surface area contributed by atoms with E-state index in [0.717, 1.165) is 12.8 Å². The average Bonchev–Trinajstić information content (AvgIpc) is 2.08. The van der Waals surface area contributed by atoms with Crippen LogP contribution in [0.15, 0.2) is 0 Å². The Kier molecular flexibility index (Phi) is 5.46. The standard InChI is InChI=1S/C8H19NO2/c1-3-8(4-2,6-10)5-9-7-11/h9-11H,3-7H2,1-2H3. The summed E-state index contributed by atoms with van der Waals surface area (Å²) in [5.74, 6) is 0. The Labute approximate surface area is 68.4 Å². The van der Waals surface area contributed by atoms with Crippen molar-refractivity contribution in [3.8, 4) is 0 Å². The number of hydrogen-bond donors (Lipinski definition) is 3. The van der Waals surface area contributed by atoms with Crippen LogP contribution >= 0.6 is 0 Å². The predicted molar refractivity (Wildman–Crippen MR) is 45.2 cm³/mol. The van der Waals surface area contributed by atoms with Crippen LogP contribution in [0.1, 0.15) is 26.7 Å². The monoisotopic (exact) mass is 161 g/mol. The molecule has 3 nitrogen and oxygen atoms in total. The summed E-state index contributed by atoms with van der Waals surface area (Å²) in [5.41, 5.74) is -0.0390. The first-order valence-corrected chi connectivity index (χ1v) is 4.17. The van der Waals surface area contributed by atoms with Crippen LogP contribution in [-0.4, -0.2) is 30.1 Å². The molecule has 0 heterocycles. The van der Waals surface area contributed by atoms with Crippen molar-refractivity contribution in [3.05, 3.63) is 0 Å². The molecule has 0 aliphatic heterocycles. The van der Waals surface area contributed by atoms with Gasteiger partial charge in [-0.05, 0) is 12.8 Å². The molecular formula is C8H19NO2. The van der Waals surface area contributed by atoms with Crippen LogP contribution in [0.2, 0.25) is 0 Å². The van der Waals surface area contributed by atoms with Crippen molar-refractivity contribution in [2.24, 2.45) is 5.41 Å². The lowest BCUT2D eigenvalue weighted by molar-refractivity contribution is 0.103. The smallest absolute Gasteiger partial charge is 0.0931 e. The third-order valence-electron chi connectivity index (χ3n) is 2.45. The summed E-state index contributed by atoms with van der Waals surface area (Å²) in [6.07, 6.45) is 1.88. The average molecular weight is 161 g/mol. The first-order chi connectivity index (χ1) is 5.24. The van der Waals surface area contributed by atoms with E-state index in [2.05, 4.69) is 19.2 Å². The Balaban J connectivity index is 3.84. The van der Waals surface area contributed by atoms with E-state index in [0.29, 0.717) is 6.54 Å². The van der Waals surface area contributed by atoms with Crippen LogP contribution in [0.25, 0.3) is 0 Å². The number of hydrogen-bond acceptors (Lipinski definition) is 3. The van der Waals surface area contributed by atoms with Crippen LogP contribution in [0.3, 0.4) is 0 Å². The fourth-order valence-corrected chi connectivity index (χ4v) is 1.10. The molecular weight excluding hydrogens is 142 g/mol. The molecule has 0 aromatic rings. The van der Waals surface area contributed by atoms with Gasteiger partial charge >= 0.3 is 0 Å². The molecule has 0 aromatic carbocycles. The highest BCUT2D eigenvalue weighted by Gasteiger charge is 2.24. The first kappa shape index (κ1) is 10.9. The minimum absolute atomic E-state index is 0.0122. The summed E-state index contributed by atoms with van der Waals surface area (Å²) in [5, 5.41) is 20.4. The van der Waals surface area contributed by atoms with Gasteiger partial charge in [-0.25, -0.2) is 0 Å². The number of aliphatic hydroxyl groups excluding tert-OH is 2. The Morgan fingerprint density at radius 1 is 1.18 bits per heavy atom. The summed E-state index contributed by atoms with van der Waals surface area (Å²) >= 11 is 0. The van der Waals surface area contributed by atoms with Gasteiger partial charge in [-0.2, -0.15) is 0 Å². The molecule has 0 rings (SSSR count). The van der Waals surface area contributed by atoms with Crippen molar-refractivity contribution < 1.29 is 10.2 Å². The van der Waals surface area contributed by atoms with Crippen molar-refractivity contribution >= 4 is 0 Å². The largest absolute Gasteiger partial charge is 0.396 e. The SMILES string of the molecule is CCC(CC)(CO)CNCO. The topological polar surface area (TPSA) is 52.5 Å². The fraction of sp³-hybridized carbons (Fsp3) is 1.00. The number of aliphatic hydroxyl groups is 2. The van der Waals surface area contributed by atoms with E-state index in [1.165, 1.54) is 0 Å². The molecule has 0 saturated carbocycles. The zero-order chi connectivity index (χ0) is 8.74. The zero-order valence-electron chi connectivity index (χ0n) is 7.43.